The molecule has 0 unspecified atom stereocenters. The van der Waals surface area contributed by atoms with Crippen LogP contribution in [0.4, 0.5) is 0 Å². The molecule has 4 rings (SSSR count). The molecule has 3 aromatic rings. The van der Waals surface area contributed by atoms with Gasteiger partial charge in [0, 0.05) is 31.7 Å². The van der Waals surface area contributed by atoms with Gasteiger partial charge in [0.1, 0.15) is 17.2 Å². The fourth-order valence-electron chi connectivity index (χ4n) is 3.55. The van der Waals surface area contributed by atoms with E-state index in [0.717, 1.165) is 0 Å². The van der Waals surface area contributed by atoms with Gasteiger partial charge in [-0.25, -0.2) is 0 Å². The van der Waals surface area contributed by atoms with E-state index >= 15 is 0 Å². The molecule has 0 saturated carbocycles. The number of ether oxygens (including phenoxy) is 2. The van der Waals surface area contributed by atoms with Crippen LogP contribution in [0.15, 0.2) is 78.9 Å². The highest BCUT2D eigenvalue weighted by molar-refractivity contribution is 5.98. The Labute approximate surface area is 181 Å². The molecule has 1 aliphatic heterocycles. The molecule has 1 saturated heterocycles. The Morgan fingerprint density at radius 3 is 1.90 bits per heavy atom. The summed E-state index contributed by atoms with van der Waals surface area (Å²) in [6.45, 7) is 1.91. The summed E-state index contributed by atoms with van der Waals surface area (Å²) in [5, 5.41) is 0. The fourth-order valence-corrected chi connectivity index (χ4v) is 3.55. The Morgan fingerprint density at radius 1 is 0.677 bits per heavy atom. The maximum atomic E-state index is 13.2. The average Bonchev–Trinajstić information content (AvgIpc) is 2.84. The van der Waals surface area contributed by atoms with Crippen LogP contribution >= 0.6 is 0 Å². The lowest BCUT2D eigenvalue weighted by Crippen LogP contribution is -2.50. The first kappa shape index (κ1) is 20.5. The topological polar surface area (TPSA) is 59.1 Å². The Bertz CT molecular complexity index is 1040. The molecule has 1 heterocycles. The lowest BCUT2D eigenvalue weighted by atomic mass is 10.1. The first-order valence-electron chi connectivity index (χ1n) is 10.2. The van der Waals surface area contributed by atoms with E-state index in [0.29, 0.717) is 54.6 Å². The molecule has 0 N–H and O–H groups in total. The molecule has 0 aromatic heterocycles. The minimum Gasteiger partial charge on any atom is -0.497 e. The van der Waals surface area contributed by atoms with Gasteiger partial charge in [0.2, 0.25) is 0 Å². The molecule has 1 aliphatic rings. The van der Waals surface area contributed by atoms with Gasteiger partial charge < -0.3 is 19.3 Å². The molecular weight excluding hydrogens is 392 g/mol. The summed E-state index contributed by atoms with van der Waals surface area (Å²) in [7, 11) is 1.59. The largest absolute Gasteiger partial charge is 0.497 e. The first-order chi connectivity index (χ1) is 15.2. The van der Waals surface area contributed by atoms with Crippen molar-refractivity contribution in [2.45, 2.75) is 0 Å². The van der Waals surface area contributed by atoms with E-state index in [1.54, 1.807) is 53.3 Å². The van der Waals surface area contributed by atoms with E-state index in [1.807, 2.05) is 42.5 Å². The predicted octanol–water partition coefficient (Wildman–Crippen LogP) is 4.09. The van der Waals surface area contributed by atoms with Crippen LogP contribution in [0.2, 0.25) is 0 Å². The summed E-state index contributed by atoms with van der Waals surface area (Å²) >= 11 is 0. The van der Waals surface area contributed by atoms with Gasteiger partial charge in [0.05, 0.1) is 12.7 Å². The number of hydrogen-bond acceptors (Lipinski definition) is 4. The molecule has 0 bridgehead atoms. The zero-order valence-electron chi connectivity index (χ0n) is 17.4. The van der Waals surface area contributed by atoms with Gasteiger partial charge >= 0.3 is 0 Å². The first-order valence-corrected chi connectivity index (χ1v) is 10.2. The summed E-state index contributed by atoms with van der Waals surface area (Å²) < 4.78 is 11.1. The number of piperazine rings is 1. The highest BCUT2D eigenvalue weighted by atomic mass is 16.5. The highest BCUT2D eigenvalue weighted by Gasteiger charge is 2.27. The molecule has 6 nitrogen and oxygen atoms in total. The molecule has 31 heavy (non-hydrogen) atoms. The van der Waals surface area contributed by atoms with E-state index in [2.05, 4.69) is 0 Å². The highest BCUT2D eigenvalue weighted by Crippen LogP contribution is 2.26. The predicted molar refractivity (Wildman–Crippen MR) is 118 cm³/mol. The van der Waals surface area contributed by atoms with E-state index in [1.165, 1.54) is 0 Å². The number of benzene rings is 3. The quantitative estimate of drug-likeness (QED) is 0.629. The van der Waals surface area contributed by atoms with Crippen molar-refractivity contribution in [2.75, 3.05) is 33.3 Å². The molecule has 0 radical (unpaired) electrons. The van der Waals surface area contributed by atoms with Crippen LogP contribution in [0.25, 0.3) is 0 Å². The third kappa shape index (κ3) is 4.69. The Morgan fingerprint density at radius 2 is 1.26 bits per heavy atom. The third-order valence-electron chi connectivity index (χ3n) is 5.28. The zero-order valence-corrected chi connectivity index (χ0v) is 17.4. The number of carbonyl (C=O) groups is 2. The van der Waals surface area contributed by atoms with Gasteiger partial charge in [0.25, 0.3) is 11.8 Å². The fraction of sp³-hybridized carbons (Fsp3) is 0.200. The lowest BCUT2D eigenvalue weighted by Gasteiger charge is -2.35. The zero-order chi connectivity index (χ0) is 21.6. The number of methoxy groups -OCH3 is 1. The van der Waals surface area contributed by atoms with Crippen molar-refractivity contribution in [3.63, 3.8) is 0 Å². The summed E-state index contributed by atoms with van der Waals surface area (Å²) in [4.78, 5) is 29.5. The van der Waals surface area contributed by atoms with Crippen molar-refractivity contribution >= 4 is 11.8 Å². The van der Waals surface area contributed by atoms with Crippen LogP contribution in [-0.4, -0.2) is 54.9 Å². The van der Waals surface area contributed by atoms with Gasteiger partial charge in [-0.1, -0.05) is 30.3 Å². The molecule has 3 aromatic carbocycles. The van der Waals surface area contributed by atoms with Crippen molar-refractivity contribution < 1.29 is 19.1 Å². The summed E-state index contributed by atoms with van der Waals surface area (Å²) in [5.41, 5.74) is 1.13. The number of nitrogens with zero attached hydrogens (tertiary/aromatic N) is 2. The molecule has 2 amide bonds. The molecule has 1 fully saturated rings. The number of hydrogen-bond donors (Lipinski definition) is 0. The van der Waals surface area contributed by atoms with E-state index in [9.17, 15) is 9.59 Å². The Hall–Kier alpha value is -3.80. The van der Waals surface area contributed by atoms with Crippen molar-refractivity contribution in [2.24, 2.45) is 0 Å². The molecule has 6 heteroatoms. The normalized spacial score (nSPS) is 13.6. The van der Waals surface area contributed by atoms with Crippen molar-refractivity contribution in [1.29, 1.82) is 0 Å². The number of rotatable bonds is 5. The maximum absolute atomic E-state index is 13.2. The summed E-state index contributed by atoms with van der Waals surface area (Å²) in [6.07, 6.45) is 0. The van der Waals surface area contributed by atoms with E-state index < -0.39 is 0 Å². The van der Waals surface area contributed by atoms with Crippen molar-refractivity contribution in [3.05, 3.63) is 90.0 Å². The van der Waals surface area contributed by atoms with Crippen LogP contribution in [0, 0.1) is 0 Å². The minimum absolute atomic E-state index is 0.0393. The molecular formula is C25H24N2O4. The van der Waals surface area contributed by atoms with Crippen LogP contribution in [0.3, 0.4) is 0 Å². The molecule has 0 aliphatic carbocycles. The summed E-state index contributed by atoms with van der Waals surface area (Å²) in [5.74, 6) is 1.78. The third-order valence-corrected chi connectivity index (χ3v) is 5.28. The number of amides is 2. The molecule has 158 valence electrons. The van der Waals surface area contributed by atoms with Gasteiger partial charge in [-0.2, -0.15) is 0 Å². The Balaban J connectivity index is 1.41. The second-order valence-electron chi connectivity index (χ2n) is 7.22. The maximum Gasteiger partial charge on any atom is 0.257 e. The van der Waals surface area contributed by atoms with Gasteiger partial charge in [-0.3, -0.25) is 9.59 Å². The molecule has 0 atom stereocenters. The van der Waals surface area contributed by atoms with Crippen LogP contribution < -0.4 is 9.47 Å². The standard InChI is InChI=1S/C25H24N2O4/c1-30-20-13-11-19(12-14-20)24(28)26-15-17-27(18-16-26)25(29)22-9-5-6-10-23(22)31-21-7-3-2-4-8-21/h2-14H,15-18H2,1H3. The van der Waals surface area contributed by atoms with Gasteiger partial charge in [-0.15, -0.1) is 0 Å². The van der Waals surface area contributed by atoms with Gasteiger partial charge in [-0.05, 0) is 48.5 Å². The average molecular weight is 416 g/mol. The van der Waals surface area contributed by atoms with E-state index in [4.69, 9.17) is 9.47 Å². The monoisotopic (exact) mass is 416 g/mol. The Kier molecular flexibility index (Phi) is 6.17. The van der Waals surface area contributed by atoms with Gasteiger partial charge in [0.15, 0.2) is 0 Å². The smallest absolute Gasteiger partial charge is 0.257 e. The minimum atomic E-state index is -0.0944. The molecule has 0 spiro atoms. The van der Waals surface area contributed by atoms with Crippen LogP contribution in [-0.2, 0) is 0 Å². The summed E-state index contributed by atoms with van der Waals surface area (Å²) in [6, 6.07) is 23.7. The second-order valence-corrected chi connectivity index (χ2v) is 7.22. The van der Waals surface area contributed by atoms with Crippen molar-refractivity contribution in [3.8, 4) is 17.2 Å². The number of para-hydroxylation sites is 2. The van der Waals surface area contributed by atoms with Crippen molar-refractivity contribution in [1.82, 2.24) is 9.80 Å². The van der Waals surface area contributed by atoms with Crippen LogP contribution in [0.5, 0.6) is 17.2 Å². The SMILES string of the molecule is COc1ccc(C(=O)N2CCN(C(=O)c3ccccc3Oc3ccccc3)CC2)cc1. The van der Waals surface area contributed by atoms with E-state index in [-0.39, 0.29) is 11.8 Å². The second kappa shape index (κ2) is 9.34. The number of carbonyl (C=O) groups excluding carboxylic acids is 2. The van der Waals surface area contributed by atoms with Crippen LogP contribution in [0.1, 0.15) is 20.7 Å². The lowest BCUT2D eigenvalue weighted by molar-refractivity contribution is 0.0534.